The van der Waals surface area contributed by atoms with Crippen molar-refractivity contribution in [1.29, 1.82) is 0 Å². The van der Waals surface area contributed by atoms with Crippen molar-refractivity contribution in [2.24, 2.45) is 0 Å². The molecule has 3 rings (SSSR count). The van der Waals surface area contributed by atoms with Gasteiger partial charge in [-0.15, -0.1) is 11.3 Å². The summed E-state index contributed by atoms with van der Waals surface area (Å²) in [5.41, 5.74) is 8.11. The number of nitrogen functional groups attached to an aromatic ring is 1. The number of aromatic nitrogens is 3. The highest BCUT2D eigenvalue weighted by molar-refractivity contribution is 7.10. The molecule has 0 spiro atoms. The summed E-state index contributed by atoms with van der Waals surface area (Å²) >= 11 is 1.75. The van der Waals surface area contributed by atoms with Crippen LogP contribution in [-0.2, 0) is 13.0 Å². The SMILES string of the molecule is CCc1ccccc1Nc1nc(N)nc(CN(C)C(C)c2cccs2)n1. The minimum atomic E-state index is 0.226. The van der Waals surface area contributed by atoms with Gasteiger partial charge in [-0.25, -0.2) is 0 Å². The van der Waals surface area contributed by atoms with E-state index in [1.165, 1.54) is 10.4 Å². The topological polar surface area (TPSA) is 80.0 Å². The normalized spacial score (nSPS) is 12.3. The van der Waals surface area contributed by atoms with E-state index in [4.69, 9.17) is 5.73 Å². The average molecular weight is 369 g/mol. The van der Waals surface area contributed by atoms with E-state index in [-0.39, 0.29) is 12.0 Å². The Bertz CT molecular complexity index is 849. The summed E-state index contributed by atoms with van der Waals surface area (Å²) < 4.78 is 0. The lowest BCUT2D eigenvalue weighted by atomic mass is 10.1. The minimum Gasteiger partial charge on any atom is -0.368 e. The van der Waals surface area contributed by atoms with E-state index in [2.05, 4.69) is 69.6 Å². The van der Waals surface area contributed by atoms with Crippen LogP contribution in [0.2, 0.25) is 0 Å². The summed E-state index contributed by atoms with van der Waals surface area (Å²) in [6.07, 6.45) is 0.928. The number of nitrogens with two attached hydrogens (primary N) is 1. The van der Waals surface area contributed by atoms with Crippen LogP contribution in [0.25, 0.3) is 0 Å². The predicted octanol–water partition coefficient (Wildman–Crippen LogP) is 4.01. The molecule has 0 fully saturated rings. The second-order valence-electron chi connectivity index (χ2n) is 6.18. The van der Waals surface area contributed by atoms with Crippen molar-refractivity contribution < 1.29 is 0 Å². The van der Waals surface area contributed by atoms with E-state index in [1.54, 1.807) is 11.3 Å². The van der Waals surface area contributed by atoms with Crippen molar-refractivity contribution in [2.75, 3.05) is 18.1 Å². The van der Waals surface area contributed by atoms with Crippen molar-refractivity contribution in [1.82, 2.24) is 19.9 Å². The Morgan fingerprint density at radius 2 is 1.96 bits per heavy atom. The van der Waals surface area contributed by atoms with Gasteiger partial charge in [-0.2, -0.15) is 15.0 Å². The lowest BCUT2D eigenvalue weighted by molar-refractivity contribution is 0.250. The highest BCUT2D eigenvalue weighted by Crippen LogP contribution is 2.25. The third kappa shape index (κ3) is 4.36. The van der Waals surface area contributed by atoms with Crippen molar-refractivity contribution in [3.63, 3.8) is 0 Å². The van der Waals surface area contributed by atoms with Crippen LogP contribution >= 0.6 is 11.3 Å². The minimum absolute atomic E-state index is 0.226. The third-order valence-electron chi connectivity index (χ3n) is 4.35. The summed E-state index contributed by atoms with van der Waals surface area (Å²) in [6.45, 7) is 4.89. The van der Waals surface area contributed by atoms with Crippen LogP contribution in [0.4, 0.5) is 17.6 Å². The van der Waals surface area contributed by atoms with E-state index in [1.807, 2.05) is 18.2 Å². The number of hydrogen-bond donors (Lipinski definition) is 2. The van der Waals surface area contributed by atoms with Crippen LogP contribution < -0.4 is 11.1 Å². The van der Waals surface area contributed by atoms with Gasteiger partial charge < -0.3 is 11.1 Å². The molecule has 3 N–H and O–H groups in total. The van der Waals surface area contributed by atoms with Gasteiger partial charge >= 0.3 is 0 Å². The molecule has 0 aliphatic heterocycles. The molecule has 6 nitrogen and oxygen atoms in total. The van der Waals surface area contributed by atoms with Gasteiger partial charge in [-0.05, 0) is 43.5 Å². The highest BCUT2D eigenvalue weighted by atomic mass is 32.1. The van der Waals surface area contributed by atoms with E-state index < -0.39 is 0 Å². The van der Waals surface area contributed by atoms with Gasteiger partial charge in [0, 0.05) is 16.6 Å². The summed E-state index contributed by atoms with van der Waals surface area (Å²) in [5, 5.41) is 5.37. The smallest absolute Gasteiger partial charge is 0.232 e. The Morgan fingerprint density at radius 1 is 1.15 bits per heavy atom. The Morgan fingerprint density at radius 3 is 2.69 bits per heavy atom. The quantitative estimate of drug-likeness (QED) is 0.656. The zero-order valence-electron chi connectivity index (χ0n) is 15.3. The second kappa shape index (κ2) is 8.25. The molecule has 0 amide bonds. The summed E-state index contributed by atoms with van der Waals surface area (Å²) in [5.74, 6) is 1.36. The van der Waals surface area contributed by atoms with Crippen LogP contribution in [0.15, 0.2) is 41.8 Å². The van der Waals surface area contributed by atoms with Gasteiger partial charge in [0.15, 0.2) is 0 Å². The lowest BCUT2D eigenvalue weighted by Crippen LogP contribution is -2.23. The molecule has 2 heterocycles. The number of benzene rings is 1. The van der Waals surface area contributed by atoms with Crippen molar-refractivity contribution in [3.05, 3.63) is 58.0 Å². The summed E-state index contributed by atoms with van der Waals surface area (Å²) in [7, 11) is 2.06. The van der Waals surface area contributed by atoms with Crippen LogP contribution in [0.5, 0.6) is 0 Å². The van der Waals surface area contributed by atoms with Crippen LogP contribution in [0.1, 0.15) is 36.2 Å². The highest BCUT2D eigenvalue weighted by Gasteiger charge is 2.15. The first-order chi connectivity index (χ1) is 12.6. The molecule has 3 aromatic rings. The van der Waals surface area contributed by atoms with Gasteiger partial charge in [0.25, 0.3) is 0 Å². The molecule has 1 unspecified atom stereocenters. The molecule has 136 valence electrons. The van der Waals surface area contributed by atoms with Crippen LogP contribution in [-0.4, -0.2) is 26.9 Å². The molecule has 26 heavy (non-hydrogen) atoms. The van der Waals surface area contributed by atoms with E-state index >= 15 is 0 Å². The number of nitrogens with zero attached hydrogens (tertiary/aromatic N) is 4. The van der Waals surface area contributed by atoms with Gasteiger partial charge in [0.05, 0.1) is 6.54 Å². The van der Waals surface area contributed by atoms with Crippen LogP contribution in [0.3, 0.4) is 0 Å². The van der Waals surface area contributed by atoms with E-state index in [9.17, 15) is 0 Å². The first kappa shape index (κ1) is 18.3. The number of anilines is 3. The molecule has 0 aliphatic rings. The van der Waals surface area contributed by atoms with E-state index in [0.717, 1.165) is 12.1 Å². The molecule has 1 aromatic carbocycles. The Labute approximate surface area is 158 Å². The first-order valence-electron chi connectivity index (χ1n) is 8.65. The number of aryl methyl sites for hydroxylation is 1. The molecule has 7 heteroatoms. The lowest BCUT2D eigenvalue weighted by Gasteiger charge is -2.23. The molecular weight excluding hydrogens is 344 g/mol. The molecular formula is C19H24N6S. The summed E-state index contributed by atoms with van der Waals surface area (Å²) in [4.78, 5) is 16.6. The zero-order valence-corrected chi connectivity index (χ0v) is 16.1. The molecule has 1 atom stereocenters. The Kier molecular flexibility index (Phi) is 5.80. The fourth-order valence-corrected chi connectivity index (χ4v) is 3.59. The maximum absolute atomic E-state index is 5.91. The molecule has 0 bridgehead atoms. The number of hydrogen-bond acceptors (Lipinski definition) is 7. The number of thiophene rings is 1. The molecule has 0 saturated heterocycles. The fraction of sp³-hybridized carbons (Fsp3) is 0.316. The molecule has 0 radical (unpaired) electrons. The Hall–Kier alpha value is -2.51. The molecule has 0 saturated carbocycles. The number of rotatable bonds is 7. The standard InChI is InChI=1S/C19H24N6S/c1-4-14-8-5-6-9-15(14)21-19-23-17(22-18(20)24-19)12-25(3)13(2)16-10-7-11-26-16/h5-11,13H,4,12H2,1-3H3,(H3,20,21,22,23,24). The molecule has 2 aromatic heterocycles. The van der Waals surface area contributed by atoms with Crippen molar-refractivity contribution >= 4 is 28.9 Å². The average Bonchev–Trinajstić information content (AvgIpc) is 3.15. The van der Waals surface area contributed by atoms with Gasteiger partial charge in [0.1, 0.15) is 5.82 Å². The predicted molar refractivity (Wildman–Crippen MR) is 108 cm³/mol. The van der Waals surface area contributed by atoms with Crippen LogP contribution in [0, 0.1) is 0 Å². The van der Waals surface area contributed by atoms with Gasteiger partial charge in [-0.1, -0.05) is 31.2 Å². The third-order valence-corrected chi connectivity index (χ3v) is 5.39. The van der Waals surface area contributed by atoms with Gasteiger partial charge in [-0.3, -0.25) is 4.90 Å². The maximum atomic E-state index is 5.91. The number of nitrogens with one attached hydrogen (secondary N) is 1. The molecule has 0 aliphatic carbocycles. The fourth-order valence-electron chi connectivity index (χ4n) is 2.74. The second-order valence-corrected chi connectivity index (χ2v) is 7.15. The van der Waals surface area contributed by atoms with Crippen molar-refractivity contribution in [3.8, 4) is 0 Å². The Balaban J connectivity index is 1.77. The zero-order chi connectivity index (χ0) is 18.5. The monoisotopic (exact) mass is 368 g/mol. The van der Waals surface area contributed by atoms with E-state index in [0.29, 0.717) is 18.3 Å². The first-order valence-corrected chi connectivity index (χ1v) is 9.53. The summed E-state index contributed by atoms with van der Waals surface area (Å²) in [6, 6.07) is 12.6. The van der Waals surface area contributed by atoms with Crippen molar-refractivity contribution in [2.45, 2.75) is 32.9 Å². The maximum Gasteiger partial charge on any atom is 0.232 e. The largest absolute Gasteiger partial charge is 0.368 e. The number of para-hydroxylation sites is 1. The van der Waals surface area contributed by atoms with Gasteiger partial charge in [0.2, 0.25) is 11.9 Å².